The van der Waals surface area contributed by atoms with Gasteiger partial charge in [0.2, 0.25) is 10.0 Å². The fourth-order valence-corrected chi connectivity index (χ4v) is 3.70. The van der Waals surface area contributed by atoms with E-state index in [4.69, 9.17) is 0 Å². The number of benzene rings is 1. The van der Waals surface area contributed by atoms with Gasteiger partial charge in [-0.2, -0.15) is 0 Å². The Bertz CT molecular complexity index is 747. The molecule has 0 unspecified atom stereocenters. The third-order valence-electron chi connectivity index (χ3n) is 4.79. The molecule has 0 amide bonds. The zero-order chi connectivity index (χ0) is 19.9. The summed E-state index contributed by atoms with van der Waals surface area (Å²) in [6, 6.07) is 6.48. The zero-order valence-corrected chi connectivity index (χ0v) is 20.5. The number of anilines is 1. The second-order valence-corrected chi connectivity index (χ2v) is 8.78. The van der Waals surface area contributed by atoms with E-state index in [2.05, 4.69) is 63.8 Å². The predicted octanol–water partition coefficient (Wildman–Crippen LogP) is 1.95. The molecule has 28 heavy (non-hydrogen) atoms. The van der Waals surface area contributed by atoms with Crippen molar-refractivity contribution in [2.24, 2.45) is 4.99 Å². The lowest BCUT2D eigenvalue weighted by Gasteiger charge is -2.38. The van der Waals surface area contributed by atoms with Gasteiger partial charge < -0.3 is 15.1 Å². The summed E-state index contributed by atoms with van der Waals surface area (Å²) >= 11 is 0. The Hall–Kier alpha value is -1.07. The molecule has 9 heteroatoms. The fourth-order valence-electron chi connectivity index (χ4n) is 3.18. The number of sulfonamides is 1. The number of aryl methyl sites for hydroxylation is 1. The van der Waals surface area contributed by atoms with E-state index in [0.717, 1.165) is 38.7 Å². The fraction of sp³-hybridized carbons (Fsp3) is 0.632. The first-order valence-electron chi connectivity index (χ1n) is 9.61. The Morgan fingerprint density at radius 3 is 2.46 bits per heavy atom. The Kier molecular flexibility index (Phi) is 10.5. The van der Waals surface area contributed by atoms with E-state index in [0.29, 0.717) is 19.5 Å². The molecule has 2 rings (SSSR count). The second-order valence-electron chi connectivity index (χ2n) is 6.95. The van der Waals surface area contributed by atoms with Crippen LogP contribution in [0, 0.1) is 13.8 Å². The van der Waals surface area contributed by atoms with Crippen LogP contribution >= 0.6 is 24.0 Å². The van der Waals surface area contributed by atoms with Crippen molar-refractivity contribution < 1.29 is 8.42 Å². The van der Waals surface area contributed by atoms with E-state index in [1.807, 2.05) is 0 Å². The van der Waals surface area contributed by atoms with Crippen molar-refractivity contribution in [1.82, 2.24) is 14.9 Å². The summed E-state index contributed by atoms with van der Waals surface area (Å²) in [6.07, 6.45) is 1.86. The molecule has 0 bridgehead atoms. The van der Waals surface area contributed by atoms with Gasteiger partial charge in [-0.05, 0) is 44.4 Å². The lowest BCUT2D eigenvalue weighted by atomic mass is 10.1. The predicted molar refractivity (Wildman–Crippen MR) is 129 cm³/mol. The molecule has 1 fully saturated rings. The van der Waals surface area contributed by atoms with E-state index in [1.54, 1.807) is 0 Å². The molecule has 160 valence electrons. The molecule has 1 saturated heterocycles. The first-order chi connectivity index (χ1) is 12.8. The zero-order valence-electron chi connectivity index (χ0n) is 17.4. The molecule has 2 N–H and O–H groups in total. The maximum atomic E-state index is 11.1. The molecule has 0 saturated carbocycles. The number of hydrogen-bond acceptors (Lipinski definition) is 4. The minimum Gasteiger partial charge on any atom is -0.368 e. The largest absolute Gasteiger partial charge is 0.368 e. The summed E-state index contributed by atoms with van der Waals surface area (Å²) in [5.74, 6) is 0.914. The highest BCUT2D eigenvalue weighted by molar-refractivity contribution is 14.0. The maximum Gasteiger partial charge on any atom is 0.208 e. The number of nitrogens with zero attached hydrogens (tertiary/aromatic N) is 3. The Morgan fingerprint density at radius 1 is 1.18 bits per heavy atom. The lowest BCUT2D eigenvalue weighted by Crippen LogP contribution is -2.52. The average Bonchev–Trinajstić information content (AvgIpc) is 2.62. The van der Waals surface area contributed by atoms with Crippen LogP contribution in [0.3, 0.4) is 0 Å². The Balaban J connectivity index is 0.00000392. The van der Waals surface area contributed by atoms with Gasteiger partial charge in [-0.1, -0.05) is 12.1 Å². The number of halogens is 1. The van der Waals surface area contributed by atoms with Gasteiger partial charge in [-0.3, -0.25) is 4.99 Å². The maximum absolute atomic E-state index is 11.1. The van der Waals surface area contributed by atoms with Crippen molar-refractivity contribution >= 4 is 45.6 Å². The third kappa shape index (κ3) is 7.75. The third-order valence-corrected chi connectivity index (χ3v) is 5.52. The van der Waals surface area contributed by atoms with E-state index in [1.165, 1.54) is 23.1 Å². The first-order valence-corrected chi connectivity index (χ1v) is 11.5. The van der Waals surface area contributed by atoms with Crippen LogP contribution in [0.25, 0.3) is 0 Å². The van der Waals surface area contributed by atoms with Gasteiger partial charge in [0.05, 0.1) is 6.26 Å². The highest BCUT2D eigenvalue weighted by Gasteiger charge is 2.20. The average molecular weight is 523 g/mol. The molecule has 0 aromatic heterocycles. The van der Waals surface area contributed by atoms with E-state index >= 15 is 0 Å². The highest BCUT2D eigenvalue weighted by Crippen LogP contribution is 2.23. The molecule has 0 atom stereocenters. The van der Waals surface area contributed by atoms with Crippen molar-refractivity contribution in [3.8, 4) is 0 Å². The van der Waals surface area contributed by atoms with Gasteiger partial charge in [0.15, 0.2) is 5.96 Å². The van der Waals surface area contributed by atoms with Gasteiger partial charge in [-0.25, -0.2) is 13.1 Å². The molecular weight excluding hydrogens is 489 g/mol. The number of piperazine rings is 1. The van der Waals surface area contributed by atoms with Crippen LogP contribution < -0.4 is 14.9 Å². The monoisotopic (exact) mass is 523 g/mol. The van der Waals surface area contributed by atoms with Crippen LogP contribution in [0.4, 0.5) is 5.69 Å². The topological polar surface area (TPSA) is 77.0 Å². The van der Waals surface area contributed by atoms with Crippen molar-refractivity contribution in [3.05, 3.63) is 29.3 Å². The van der Waals surface area contributed by atoms with Crippen molar-refractivity contribution in [2.75, 3.05) is 57.0 Å². The Morgan fingerprint density at radius 2 is 1.86 bits per heavy atom. The van der Waals surface area contributed by atoms with Gasteiger partial charge in [0.25, 0.3) is 0 Å². The van der Waals surface area contributed by atoms with Crippen LogP contribution in [0.2, 0.25) is 0 Å². The molecule has 1 aliphatic heterocycles. The summed E-state index contributed by atoms with van der Waals surface area (Å²) in [6.45, 7) is 12.0. The second kappa shape index (κ2) is 11.8. The minimum atomic E-state index is -3.12. The lowest BCUT2D eigenvalue weighted by molar-refractivity contribution is 0.372. The van der Waals surface area contributed by atoms with Gasteiger partial charge in [0, 0.05) is 51.5 Å². The number of rotatable bonds is 7. The van der Waals surface area contributed by atoms with Crippen LogP contribution in [-0.4, -0.2) is 71.3 Å². The summed E-state index contributed by atoms with van der Waals surface area (Å²) in [5.41, 5.74) is 4.00. The quantitative estimate of drug-likeness (QED) is 0.247. The molecule has 1 heterocycles. The van der Waals surface area contributed by atoms with Crippen molar-refractivity contribution in [1.29, 1.82) is 0 Å². The van der Waals surface area contributed by atoms with E-state index in [9.17, 15) is 8.42 Å². The van der Waals surface area contributed by atoms with Crippen molar-refractivity contribution in [3.63, 3.8) is 0 Å². The molecule has 7 nitrogen and oxygen atoms in total. The van der Waals surface area contributed by atoms with Gasteiger partial charge in [0.1, 0.15) is 0 Å². The van der Waals surface area contributed by atoms with Crippen LogP contribution in [0.5, 0.6) is 0 Å². The molecule has 1 aliphatic rings. The van der Waals surface area contributed by atoms with Crippen LogP contribution in [0.1, 0.15) is 24.5 Å². The number of guanidine groups is 1. The van der Waals surface area contributed by atoms with E-state index in [-0.39, 0.29) is 24.0 Å². The number of hydrogen-bond donors (Lipinski definition) is 2. The SMILES string of the molecule is CCNC(=NCCCNS(C)(=O)=O)N1CCN(c2cccc(C)c2C)CC1.I. The van der Waals surface area contributed by atoms with Crippen LogP contribution in [-0.2, 0) is 10.0 Å². The van der Waals surface area contributed by atoms with Gasteiger partial charge in [-0.15, -0.1) is 24.0 Å². The first kappa shape index (κ1) is 25.0. The smallest absolute Gasteiger partial charge is 0.208 e. The highest BCUT2D eigenvalue weighted by atomic mass is 127. The van der Waals surface area contributed by atoms with E-state index < -0.39 is 10.0 Å². The van der Waals surface area contributed by atoms with Gasteiger partial charge >= 0.3 is 0 Å². The minimum absolute atomic E-state index is 0. The Labute approximate surface area is 187 Å². The number of nitrogens with one attached hydrogen (secondary N) is 2. The van der Waals surface area contributed by atoms with Crippen molar-refractivity contribution in [2.45, 2.75) is 27.2 Å². The molecule has 1 aromatic carbocycles. The molecule has 1 aromatic rings. The molecule has 0 spiro atoms. The molecular formula is C19H34IN5O2S. The summed E-state index contributed by atoms with van der Waals surface area (Å²) in [5, 5.41) is 3.35. The summed E-state index contributed by atoms with van der Waals surface area (Å²) in [7, 11) is -3.12. The molecule has 0 radical (unpaired) electrons. The normalized spacial score (nSPS) is 15.4. The number of aliphatic imine (C=N–C) groups is 1. The van der Waals surface area contributed by atoms with Crippen LogP contribution in [0.15, 0.2) is 23.2 Å². The summed E-state index contributed by atoms with van der Waals surface area (Å²) in [4.78, 5) is 9.39. The summed E-state index contributed by atoms with van der Waals surface area (Å²) < 4.78 is 24.7. The molecule has 0 aliphatic carbocycles. The standard InChI is InChI=1S/C19H33N5O2S.HI/c1-5-20-19(21-10-7-11-22-27(4,25)26)24-14-12-23(13-15-24)18-9-6-8-16(2)17(18)3;/h6,8-9,22H,5,7,10-15H2,1-4H3,(H,20,21);1H.